The first kappa shape index (κ1) is 22.9. The Hall–Kier alpha value is -1.42. The first-order valence-corrected chi connectivity index (χ1v) is 10.3. The number of nitrogens with one attached hydrogen (secondary N) is 2. The lowest BCUT2D eigenvalue weighted by Crippen LogP contribution is -2.46. The Morgan fingerprint density at radius 1 is 1.21 bits per heavy atom. The molecule has 28 heavy (non-hydrogen) atoms. The van der Waals surface area contributed by atoms with Gasteiger partial charge in [-0.3, -0.25) is 14.3 Å². The van der Waals surface area contributed by atoms with E-state index >= 15 is 0 Å². The fourth-order valence-corrected chi connectivity index (χ4v) is 3.87. The maximum Gasteiger partial charge on any atom is 0.191 e. The van der Waals surface area contributed by atoms with Crippen molar-refractivity contribution in [2.45, 2.75) is 51.5 Å². The van der Waals surface area contributed by atoms with Crippen LogP contribution in [0.4, 0.5) is 0 Å². The normalized spacial score (nSPS) is 18.1. The van der Waals surface area contributed by atoms with Gasteiger partial charge in [0.25, 0.3) is 0 Å². The van der Waals surface area contributed by atoms with Crippen LogP contribution in [0.5, 0.6) is 0 Å². The smallest absolute Gasteiger partial charge is 0.191 e. The van der Waals surface area contributed by atoms with E-state index in [-0.39, 0.29) is 24.0 Å². The summed E-state index contributed by atoms with van der Waals surface area (Å²) in [6, 6.07) is 6.73. The second-order valence-electron chi connectivity index (χ2n) is 7.17. The molecular formula is C20H34IN7. The van der Waals surface area contributed by atoms with Gasteiger partial charge in [0.05, 0.1) is 0 Å². The molecule has 0 spiro atoms. The molecule has 0 bridgehead atoms. The Morgan fingerprint density at radius 2 is 2.07 bits per heavy atom. The molecule has 1 fully saturated rings. The molecule has 0 aromatic carbocycles. The van der Waals surface area contributed by atoms with Crippen LogP contribution in [0.1, 0.15) is 44.9 Å². The minimum absolute atomic E-state index is 0. The molecule has 2 aromatic heterocycles. The number of aliphatic imine (C=N–C) groups is 1. The highest BCUT2D eigenvalue weighted by atomic mass is 127. The number of likely N-dealkylation sites (tertiary alicyclic amines) is 1. The summed E-state index contributed by atoms with van der Waals surface area (Å²) in [5.74, 6) is 1.89. The highest BCUT2D eigenvalue weighted by Gasteiger charge is 2.19. The van der Waals surface area contributed by atoms with Gasteiger partial charge in [-0.05, 0) is 44.4 Å². The standard InChI is InChI=1S/C20H33N7.HI/c1-3-17-9-4-6-14-26(17)16-13-23-20(21-2)22-12-8-11-19-25-24-18-10-5-7-15-27(18)19;/h5,7,10,15,17H,3-4,6,8-9,11-14,16H2,1-2H3,(H2,21,22,23);1H. The molecule has 2 N–H and O–H groups in total. The van der Waals surface area contributed by atoms with E-state index in [1.165, 1.54) is 32.2 Å². The van der Waals surface area contributed by atoms with Crippen molar-refractivity contribution in [2.24, 2.45) is 4.99 Å². The van der Waals surface area contributed by atoms with Gasteiger partial charge in [-0.2, -0.15) is 0 Å². The first-order valence-electron chi connectivity index (χ1n) is 10.3. The van der Waals surface area contributed by atoms with Gasteiger partial charge in [0, 0.05) is 45.3 Å². The zero-order valence-electron chi connectivity index (χ0n) is 17.1. The summed E-state index contributed by atoms with van der Waals surface area (Å²) in [7, 11) is 1.83. The summed E-state index contributed by atoms with van der Waals surface area (Å²) in [4.78, 5) is 6.96. The Kier molecular flexibility index (Phi) is 9.97. The summed E-state index contributed by atoms with van der Waals surface area (Å²) in [5, 5.41) is 15.3. The van der Waals surface area contributed by atoms with E-state index in [0.29, 0.717) is 0 Å². The molecular weight excluding hydrogens is 465 g/mol. The average Bonchev–Trinajstić information content (AvgIpc) is 3.13. The van der Waals surface area contributed by atoms with Gasteiger partial charge in [-0.1, -0.05) is 19.4 Å². The highest BCUT2D eigenvalue weighted by molar-refractivity contribution is 14.0. The number of piperidine rings is 1. The molecule has 8 heteroatoms. The third-order valence-corrected chi connectivity index (χ3v) is 5.39. The fourth-order valence-electron chi connectivity index (χ4n) is 3.87. The SMILES string of the molecule is CCC1CCCCN1CCNC(=NC)NCCCc1nnc2ccccn12.I. The molecule has 1 saturated heterocycles. The van der Waals surface area contributed by atoms with Gasteiger partial charge >= 0.3 is 0 Å². The van der Waals surface area contributed by atoms with E-state index in [9.17, 15) is 0 Å². The van der Waals surface area contributed by atoms with Crippen LogP contribution in [0.2, 0.25) is 0 Å². The topological polar surface area (TPSA) is 69.8 Å². The van der Waals surface area contributed by atoms with Gasteiger partial charge < -0.3 is 10.6 Å². The first-order chi connectivity index (χ1) is 13.3. The highest BCUT2D eigenvalue weighted by Crippen LogP contribution is 2.18. The lowest BCUT2D eigenvalue weighted by Gasteiger charge is -2.35. The number of aryl methyl sites for hydroxylation is 1. The van der Waals surface area contributed by atoms with E-state index in [2.05, 4.69) is 42.0 Å². The van der Waals surface area contributed by atoms with Crippen LogP contribution < -0.4 is 10.6 Å². The van der Waals surface area contributed by atoms with Gasteiger partial charge in [0.15, 0.2) is 11.6 Å². The third kappa shape index (κ3) is 6.30. The lowest BCUT2D eigenvalue weighted by molar-refractivity contribution is 0.147. The van der Waals surface area contributed by atoms with Crippen LogP contribution in [0.3, 0.4) is 0 Å². The molecule has 3 rings (SSSR count). The van der Waals surface area contributed by atoms with E-state index < -0.39 is 0 Å². The lowest BCUT2D eigenvalue weighted by atomic mass is 10.0. The van der Waals surface area contributed by atoms with Crippen LogP contribution >= 0.6 is 24.0 Å². The summed E-state index contributed by atoms with van der Waals surface area (Å²) >= 11 is 0. The van der Waals surface area contributed by atoms with Crippen molar-refractivity contribution in [3.63, 3.8) is 0 Å². The maximum absolute atomic E-state index is 4.34. The molecule has 1 atom stereocenters. The van der Waals surface area contributed by atoms with Crippen LogP contribution in [-0.2, 0) is 6.42 Å². The number of nitrogens with zero attached hydrogens (tertiary/aromatic N) is 5. The molecule has 1 aliphatic heterocycles. The summed E-state index contributed by atoms with van der Waals surface area (Å²) in [6.45, 7) is 6.42. The zero-order chi connectivity index (χ0) is 18.9. The fraction of sp³-hybridized carbons (Fsp3) is 0.650. The van der Waals surface area contributed by atoms with Gasteiger partial charge in [-0.15, -0.1) is 34.2 Å². The van der Waals surface area contributed by atoms with Crippen molar-refractivity contribution in [3.05, 3.63) is 30.2 Å². The second-order valence-corrected chi connectivity index (χ2v) is 7.17. The Bertz CT molecular complexity index is 730. The summed E-state index contributed by atoms with van der Waals surface area (Å²) < 4.78 is 2.05. The van der Waals surface area contributed by atoms with Crippen molar-refractivity contribution in [3.8, 4) is 0 Å². The molecule has 0 amide bonds. The molecule has 2 aromatic rings. The van der Waals surface area contributed by atoms with Gasteiger partial charge in [-0.25, -0.2) is 0 Å². The summed E-state index contributed by atoms with van der Waals surface area (Å²) in [6.07, 6.45) is 9.21. The molecule has 0 saturated carbocycles. The molecule has 7 nitrogen and oxygen atoms in total. The molecule has 0 aliphatic carbocycles. The Morgan fingerprint density at radius 3 is 2.89 bits per heavy atom. The maximum atomic E-state index is 4.34. The van der Waals surface area contributed by atoms with Gasteiger partial charge in [0.1, 0.15) is 5.82 Å². The van der Waals surface area contributed by atoms with Crippen molar-refractivity contribution in [1.82, 2.24) is 30.1 Å². The van der Waals surface area contributed by atoms with Crippen molar-refractivity contribution in [2.75, 3.05) is 33.2 Å². The van der Waals surface area contributed by atoms with E-state index in [0.717, 1.165) is 55.9 Å². The molecule has 0 radical (unpaired) electrons. The molecule has 3 heterocycles. The predicted molar refractivity (Wildman–Crippen MR) is 126 cm³/mol. The van der Waals surface area contributed by atoms with Crippen LogP contribution in [0, 0.1) is 0 Å². The minimum Gasteiger partial charge on any atom is -0.356 e. The summed E-state index contributed by atoms with van der Waals surface area (Å²) in [5.41, 5.74) is 0.904. The average molecular weight is 499 g/mol. The van der Waals surface area contributed by atoms with Crippen molar-refractivity contribution >= 4 is 35.6 Å². The number of fused-ring (bicyclic) bond motifs is 1. The third-order valence-electron chi connectivity index (χ3n) is 5.39. The van der Waals surface area contributed by atoms with Crippen LogP contribution in [0.15, 0.2) is 29.4 Å². The zero-order valence-corrected chi connectivity index (χ0v) is 19.4. The molecule has 1 aliphatic rings. The van der Waals surface area contributed by atoms with Crippen molar-refractivity contribution < 1.29 is 0 Å². The number of guanidine groups is 1. The number of hydrogen-bond acceptors (Lipinski definition) is 4. The number of halogens is 1. The second kappa shape index (κ2) is 12.2. The number of rotatable bonds is 8. The Balaban J connectivity index is 0.00000280. The van der Waals surface area contributed by atoms with Crippen molar-refractivity contribution in [1.29, 1.82) is 0 Å². The number of pyridine rings is 1. The predicted octanol–water partition coefficient (Wildman–Crippen LogP) is 2.71. The van der Waals surface area contributed by atoms with Crippen LogP contribution in [0.25, 0.3) is 5.65 Å². The van der Waals surface area contributed by atoms with E-state index in [1.807, 2.05) is 31.4 Å². The largest absolute Gasteiger partial charge is 0.356 e. The Labute approximate surface area is 185 Å². The van der Waals surface area contributed by atoms with E-state index in [1.54, 1.807) is 0 Å². The minimum atomic E-state index is 0. The molecule has 156 valence electrons. The van der Waals surface area contributed by atoms with Gasteiger partial charge in [0.2, 0.25) is 0 Å². The number of hydrogen-bond donors (Lipinski definition) is 2. The number of aromatic nitrogens is 3. The van der Waals surface area contributed by atoms with E-state index in [4.69, 9.17) is 0 Å². The molecule has 1 unspecified atom stereocenters. The monoisotopic (exact) mass is 499 g/mol. The van der Waals surface area contributed by atoms with Crippen LogP contribution in [-0.4, -0.2) is 64.7 Å². The quantitative estimate of drug-likeness (QED) is 0.253.